The Kier molecular flexibility index (Phi) is 5.98. The van der Waals surface area contributed by atoms with E-state index in [1.807, 2.05) is 0 Å². The molecule has 0 amide bonds. The van der Waals surface area contributed by atoms with Gasteiger partial charge in [0.05, 0.1) is 19.3 Å². The predicted octanol–water partition coefficient (Wildman–Crippen LogP) is 1.87. The zero-order valence-corrected chi connectivity index (χ0v) is 13.0. The standard InChI is InChI=1S/C13H21NO4S2/c15-10-12-6-7-13(19-12)20(16,17)14-8-9-18-11-4-2-1-3-5-11/h6-7,11,14-15H,1-5,8-10H2. The van der Waals surface area contributed by atoms with E-state index in [4.69, 9.17) is 9.84 Å². The molecule has 7 heteroatoms. The van der Waals surface area contributed by atoms with Crippen molar-refractivity contribution < 1.29 is 18.3 Å². The Labute approximate surface area is 124 Å². The van der Waals surface area contributed by atoms with E-state index in [1.165, 1.54) is 25.3 Å². The van der Waals surface area contributed by atoms with Gasteiger partial charge in [0.15, 0.2) is 0 Å². The molecule has 0 radical (unpaired) electrons. The molecular formula is C13H21NO4S2. The third-order valence-electron chi connectivity index (χ3n) is 3.36. The number of rotatable bonds is 7. The van der Waals surface area contributed by atoms with Crippen LogP contribution in [0, 0.1) is 0 Å². The summed E-state index contributed by atoms with van der Waals surface area (Å²) in [6, 6.07) is 3.14. The third kappa shape index (κ3) is 4.53. The quantitative estimate of drug-likeness (QED) is 0.752. The second-order valence-corrected chi connectivity index (χ2v) is 8.07. The summed E-state index contributed by atoms with van der Waals surface area (Å²) in [5.74, 6) is 0. The number of aliphatic hydroxyl groups excluding tert-OH is 1. The molecule has 0 aliphatic heterocycles. The van der Waals surface area contributed by atoms with Crippen molar-refractivity contribution in [2.75, 3.05) is 13.2 Å². The molecule has 1 aromatic heterocycles. The molecule has 20 heavy (non-hydrogen) atoms. The summed E-state index contributed by atoms with van der Waals surface area (Å²) in [5, 5.41) is 8.95. The maximum absolute atomic E-state index is 12.0. The summed E-state index contributed by atoms with van der Waals surface area (Å²) in [6.45, 7) is 0.554. The van der Waals surface area contributed by atoms with Crippen molar-refractivity contribution in [2.45, 2.75) is 49.0 Å². The van der Waals surface area contributed by atoms with Crippen molar-refractivity contribution in [3.8, 4) is 0 Å². The first-order chi connectivity index (χ1) is 9.62. The first-order valence-electron chi connectivity index (χ1n) is 6.92. The van der Waals surface area contributed by atoms with Crippen molar-refractivity contribution in [3.05, 3.63) is 17.0 Å². The topological polar surface area (TPSA) is 75.6 Å². The second-order valence-electron chi connectivity index (χ2n) is 4.91. The number of thiophene rings is 1. The van der Waals surface area contributed by atoms with Gasteiger partial charge < -0.3 is 9.84 Å². The van der Waals surface area contributed by atoms with Crippen LogP contribution < -0.4 is 4.72 Å². The summed E-state index contributed by atoms with van der Waals surface area (Å²) in [5.41, 5.74) is 0. The van der Waals surface area contributed by atoms with Crippen LogP contribution in [0.25, 0.3) is 0 Å². The van der Waals surface area contributed by atoms with Gasteiger partial charge in [-0.1, -0.05) is 19.3 Å². The van der Waals surface area contributed by atoms with Crippen molar-refractivity contribution in [1.82, 2.24) is 4.72 Å². The Morgan fingerprint density at radius 1 is 1.30 bits per heavy atom. The molecule has 1 aliphatic carbocycles. The van der Waals surface area contributed by atoms with Crippen LogP contribution in [0.4, 0.5) is 0 Å². The van der Waals surface area contributed by atoms with Gasteiger partial charge in [-0.05, 0) is 25.0 Å². The van der Waals surface area contributed by atoms with E-state index < -0.39 is 10.0 Å². The van der Waals surface area contributed by atoms with Gasteiger partial charge in [0.2, 0.25) is 10.0 Å². The molecular weight excluding hydrogens is 298 g/mol. The van der Waals surface area contributed by atoms with E-state index in [9.17, 15) is 8.42 Å². The van der Waals surface area contributed by atoms with Crippen molar-refractivity contribution in [2.24, 2.45) is 0 Å². The van der Waals surface area contributed by atoms with Crippen LogP contribution in [0.3, 0.4) is 0 Å². The minimum absolute atomic E-state index is 0.134. The number of hydrogen-bond acceptors (Lipinski definition) is 5. The van der Waals surface area contributed by atoms with Gasteiger partial charge in [-0.25, -0.2) is 13.1 Å². The van der Waals surface area contributed by atoms with E-state index in [-0.39, 0.29) is 23.5 Å². The van der Waals surface area contributed by atoms with Crippen LogP contribution in [0.5, 0.6) is 0 Å². The molecule has 1 fully saturated rings. The fourth-order valence-electron chi connectivity index (χ4n) is 2.29. The summed E-state index contributed by atoms with van der Waals surface area (Å²) in [6.07, 6.45) is 6.13. The summed E-state index contributed by atoms with van der Waals surface area (Å²) in [4.78, 5) is 0.642. The highest BCUT2D eigenvalue weighted by atomic mass is 32.2. The van der Waals surface area contributed by atoms with E-state index in [0.29, 0.717) is 11.5 Å². The summed E-state index contributed by atoms with van der Waals surface area (Å²) in [7, 11) is -3.48. The highest BCUT2D eigenvalue weighted by Crippen LogP contribution is 2.22. The van der Waals surface area contributed by atoms with Gasteiger partial charge in [-0.2, -0.15) is 0 Å². The molecule has 0 bridgehead atoms. The lowest BCUT2D eigenvalue weighted by molar-refractivity contribution is 0.0321. The smallest absolute Gasteiger partial charge is 0.250 e. The van der Waals surface area contributed by atoms with Gasteiger partial charge in [0.25, 0.3) is 0 Å². The average Bonchev–Trinajstić information content (AvgIpc) is 2.95. The zero-order valence-electron chi connectivity index (χ0n) is 11.4. The lowest BCUT2D eigenvalue weighted by Crippen LogP contribution is -2.29. The molecule has 0 aromatic carbocycles. The lowest BCUT2D eigenvalue weighted by Gasteiger charge is -2.21. The Morgan fingerprint density at radius 3 is 2.70 bits per heavy atom. The predicted molar refractivity (Wildman–Crippen MR) is 78.3 cm³/mol. The van der Waals surface area contributed by atoms with E-state index >= 15 is 0 Å². The fourth-order valence-corrected chi connectivity index (χ4v) is 4.57. The molecule has 0 saturated heterocycles. The molecule has 1 heterocycles. The molecule has 1 aliphatic rings. The van der Waals surface area contributed by atoms with Crippen LogP contribution in [0.15, 0.2) is 16.3 Å². The first kappa shape index (κ1) is 15.9. The third-order valence-corrected chi connectivity index (χ3v) is 6.38. The molecule has 2 N–H and O–H groups in total. The van der Waals surface area contributed by atoms with Gasteiger partial charge >= 0.3 is 0 Å². The minimum atomic E-state index is -3.48. The van der Waals surface area contributed by atoms with Crippen LogP contribution in [-0.2, 0) is 21.4 Å². The summed E-state index contributed by atoms with van der Waals surface area (Å²) >= 11 is 1.08. The number of hydrogen-bond donors (Lipinski definition) is 2. The Balaban J connectivity index is 1.74. The number of sulfonamides is 1. The maximum atomic E-state index is 12.0. The molecule has 0 atom stereocenters. The molecule has 2 rings (SSSR count). The number of nitrogens with one attached hydrogen (secondary N) is 1. The van der Waals surface area contributed by atoms with Gasteiger partial charge in [0.1, 0.15) is 4.21 Å². The zero-order chi connectivity index (χ0) is 14.4. The van der Waals surface area contributed by atoms with E-state index in [1.54, 1.807) is 6.07 Å². The van der Waals surface area contributed by atoms with Crippen molar-refractivity contribution >= 4 is 21.4 Å². The van der Waals surface area contributed by atoms with Gasteiger partial charge in [0, 0.05) is 11.4 Å². The minimum Gasteiger partial charge on any atom is -0.391 e. The Morgan fingerprint density at radius 2 is 2.05 bits per heavy atom. The fraction of sp³-hybridized carbons (Fsp3) is 0.692. The molecule has 114 valence electrons. The normalized spacial score (nSPS) is 17.4. The molecule has 5 nitrogen and oxygen atoms in total. The van der Waals surface area contributed by atoms with Gasteiger partial charge in [-0.15, -0.1) is 11.3 Å². The first-order valence-corrected chi connectivity index (χ1v) is 9.22. The Bertz CT molecular complexity index is 506. The lowest BCUT2D eigenvalue weighted by atomic mass is 9.98. The molecule has 0 unspecified atom stereocenters. The molecule has 0 spiro atoms. The van der Waals surface area contributed by atoms with Crippen LogP contribution in [-0.4, -0.2) is 32.8 Å². The van der Waals surface area contributed by atoms with E-state index in [0.717, 1.165) is 24.2 Å². The molecule has 1 aromatic rings. The van der Waals surface area contributed by atoms with Crippen molar-refractivity contribution in [1.29, 1.82) is 0 Å². The van der Waals surface area contributed by atoms with Crippen molar-refractivity contribution in [3.63, 3.8) is 0 Å². The highest BCUT2D eigenvalue weighted by molar-refractivity contribution is 7.91. The largest absolute Gasteiger partial charge is 0.391 e. The van der Waals surface area contributed by atoms with Crippen LogP contribution in [0.1, 0.15) is 37.0 Å². The summed E-state index contributed by atoms with van der Waals surface area (Å²) < 4.78 is 32.4. The monoisotopic (exact) mass is 319 g/mol. The van der Waals surface area contributed by atoms with Crippen LogP contribution in [0.2, 0.25) is 0 Å². The van der Waals surface area contributed by atoms with E-state index in [2.05, 4.69) is 4.72 Å². The number of aliphatic hydroxyl groups is 1. The average molecular weight is 319 g/mol. The maximum Gasteiger partial charge on any atom is 0.250 e. The second kappa shape index (κ2) is 7.51. The highest BCUT2D eigenvalue weighted by Gasteiger charge is 2.17. The Hall–Kier alpha value is -0.470. The number of ether oxygens (including phenoxy) is 1. The molecule has 1 saturated carbocycles. The van der Waals surface area contributed by atoms with Crippen LogP contribution >= 0.6 is 11.3 Å². The van der Waals surface area contributed by atoms with Gasteiger partial charge in [-0.3, -0.25) is 0 Å². The SMILES string of the molecule is O=S(=O)(NCCOC1CCCCC1)c1ccc(CO)s1.